The number of fused-ring (bicyclic) bond motifs is 1. The topological polar surface area (TPSA) is 50.4 Å². The summed E-state index contributed by atoms with van der Waals surface area (Å²) in [6.45, 7) is 8.27. The minimum atomic E-state index is -0.0766. The minimum Gasteiger partial charge on any atom is -0.487 e. The first-order valence-electron chi connectivity index (χ1n) is 7.22. The van der Waals surface area contributed by atoms with Crippen molar-refractivity contribution in [3.63, 3.8) is 0 Å². The van der Waals surface area contributed by atoms with Crippen molar-refractivity contribution >= 4 is 5.91 Å². The monoisotopic (exact) mass is 276 g/mol. The molecule has 1 aliphatic rings. The molecule has 0 radical (unpaired) electrons. The first kappa shape index (κ1) is 14.9. The number of hydrogen-bond donors (Lipinski definition) is 2. The Balaban J connectivity index is 1.74. The van der Waals surface area contributed by atoms with Gasteiger partial charge in [0.2, 0.25) is 5.91 Å². The number of ether oxygens (including phenoxy) is 1. The third kappa shape index (κ3) is 4.23. The maximum atomic E-state index is 10.7. The highest BCUT2D eigenvalue weighted by atomic mass is 16.5. The van der Waals surface area contributed by atoms with E-state index in [2.05, 4.69) is 42.7 Å². The van der Waals surface area contributed by atoms with Crippen molar-refractivity contribution in [3.8, 4) is 5.75 Å². The fourth-order valence-electron chi connectivity index (χ4n) is 2.48. The highest BCUT2D eigenvalue weighted by Crippen LogP contribution is 2.35. The van der Waals surface area contributed by atoms with Gasteiger partial charge in [-0.3, -0.25) is 4.79 Å². The summed E-state index contributed by atoms with van der Waals surface area (Å²) >= 11 is 0. The van der Waals surface area contributed by atoms with Crippen LogP contribution in [0.25, 0.3) is 0 Å². The molecule has 0 saturated heterocycles. The molecule has 0 spiro atoms. The van der Waals surface area contributed by atoms with E-state index in [0.29, 0.717) is 0 Å². The Morgan fingerprint density at radius 1 is 1.35 bits per heavy atom. The Kier molecular flexibility index (Phi) is 4.65. The van der Waals surface area contributed by atoms with Gasteiger partial charge in [-0.2, -0.15) is 0 Å². The van der Waals surface area contributed by atoms with Crippen molar-refractivity contribution in [3.05, 3.63) is 29.3 Å². The summed E-state index contributed by atoms with van der Waals surface area (Å²) in [7, 11) is 0. The van der Waals surface area contributed by atoms with Gasteiger partial charge in [0.25, 0.3) is 0 Å². The highest BCUT2D eigenvalue weighted by molar-refractivity contribution is 5.72. The lowest BCUT2D eigenvalue weighted by atomic mass is 10.0. The fraction of sp³-hybridized carbons (Fsp3) is 0.562. The van der Waals surface area contributed by atoms with Crippen LogP contribution in [0, 0.1) is 0 Å². The van der Waals surface area contributed by atoms with Crippen LogP contribution >= 0.6 is 0 Å². The van der Waals surface area contributed by atoms with Crippen LogP contribution in [0.2, 0.25) is 0 Å². The minimum absolute atomic E-state index is 0.0336. The number of carbonyl (C=O) groups is 1. The highest BCUT2D eigenvalue weighted by Gasteiger charge is 2.29. The summed E-state index contributed by atoms with van der Waals surface area (Å²) in [6.07, 6.45) is 1.92. The van der Waals surface area contributed by atoms with Crippen LogP contribution in [-0.4, -0.2) is 24.6 Å². The van der Waals surface area contributed by atoms with Crippen molar-refractivity contribution in [1.29, 1.82) is 0 Å². The number of carbonyl (C=O) groups excluding carboxylic acids is 1. The molecular weight excluding hydrogens is 252 g/mol. The molecule has 4 heteroatoms. The van der Waals surface area contributed by atoms with Gasteiger partial charge in [0.05, 0.1) is 0 Å². The van der Waals surface area contributed by atoms with E-state index in [4.69, 9.17) is 4.74 Å². The van der Waals surface area contributed by atoms with Gasteiger partial charge >= 0.3 is 0 Å². The lowest BCUT2D eigenvalue weighted by Crippen LogP contribution is -2.25. The molecule has 0 aromatic heterocycles. The van der Waals surface area contributed by atoms with Gasteiger partial charge in [-0.25, -0.2) is 0 Å². The number of rotatable bonds is 6. The van der Waals surface area contributed by atoms with Crippen molar-refractivity contribution in [2.45, 2.75) is 45.8 Å². The van der Waals surface area contributed by atoms with Crippen LogP contribution < -0.4 is 15.4 Å². The van der Waals surface area contributed by atoms with Crippen molar-refractivity contribution < 1.29 is 9.53 Å². The molecule has 1 amide bonds. The van der Waals surface area contributed by atoms with E-state index < -0.39 is 0 Å². The Bertz CT molecular complexity index is 483. The molecule has 1 heterocycles. The molecule has 0 atom stereocenters. The van der Waals surface area contributed by atoms with Crippen molar-refractivity contribution in [2.75, 3.05) is 13.1 Å². The van der Waals surface area contributed by atoms with E-state index in [9.17, 15) is 4.79 Å². The average molecular weight is 276 g/mol. The second-order valence-electron chi connectivity index (χ2n) is 5.99. The second-order valence-corrected chi connectivity index (χ2v) is 5.99. The zero-order valence-corrected chi connectivity index (χ0v) is 12.6. The van der Waals surface area contributed by atoms with E-state index in [0.717, 1.165) is 38.2 Å². The van der Waals surface area contributed by atoms with Gasteiger partial charge < -0.3 is 15.4 Å². The molecule has 0 unspecified atom stereocenters. The van der Waals surface area contributed by atoms with Crippen LogP contribution in [0.15, 0.2) is 18.2 Å². The third-order valence-electron chi connectivity index (χ3n) is 3.36. The molecule has 1 aliphatic heterocycles. The quantitative estimate of drug-likeness (QED) is 0.782. The van der Waals surface area contributed by atoms with E-state index in [1.165, 1.54) is 11.1 Å². The smallest absolute Gasteiger partial charge is 0.216 e. The lowest BCUT2D eigenvalue weighted by molar-refractivity contribution is -0.118. The second kappa shape index (κ2) is 6.27. The molecule has 2 rings (SSSR count). The van der Waals surface area contributed by atoms with Gasteiger partial charge in [0.1, 0.15) is 11.4 Å². The van der Waals surface area contributed by atoms with E-state index in [-0.39, 0.29) is 11.5 Å². The number of amides is 1. The van der Waals surface area contributed by atoms with Crippen LogP contribution in [-0.2, 0) is 17.8 Å². The van der Waals surface area contributed by atoms with Crippen LogP contribution in [0.3, 0.4) is 0 Å². The fourth-order valence-corrected chi connectivity index (χ4v) is 2.48. The van der Waals surface area contributed by atoms with Gasteiger partial charge in [0.15, 0.2) is 0 Å². The zero-order valence-electron chi connectivity index (χ0n) is 12.6. The molecule has 0 saturated carbocycles. The summed E-state index contributed by atoms with van der Waals surface area (Å²) in [6, 6.07) is 6.41. The number of nitrogens with one attached hydrogen (secondary N) is 2. The predicted octanol–water partition coefficient (Wildman–Crippen LogP) is 2.02. The van der Waals surface area contributed by atoms with Gasteiger partial charge in [-0.05, 0) is 44.0 Å². The molecule has 1 aromatic rings. The molecule has 0 fully saturated rings. The molecule has 2 N–H and O–H groups in total. The van der Waals surface area contributed by atoms with Gasteiger partial charge in [-0.1, -0.05) is 12.1 Å². The first-order chi connectivity index (χ1) is 9.46. The Morgan fingerprint density at radius 3 is 2.90 bits per heavy atom. The Labute approximate surface area is 120 Å². The molecule has 0 bridgehead atoms. The maximum Gasteiger partial charge on any atom is 0.216 e. The first-order valence-corrected chi connectivity index (χ1v) is 7.22. The molecular formula is C16H24N2O2. The summed E-state index contributed by atoms with van der Waals surface area (Å²) < 4.78 is 5.87. The number of benzene rings is 1. The summed E-state index contributed by atoms with van der Waals surface area (Å²) in [5.74, 6) is 1.05. The average Bonchev–Trinajstić information content (AvgIpc) is 2.66. The third-order valence-corrected chi connectivity index (χ3v) is 3.36. The Morgan fingerprint density at radius 2 is 2.15 bits per heavy atom. The molecule has 1 aromatic carbocycles. The SMILES string of the molecule is CC(=O)NCCCNCc1ccc2c(c1)CC(C)(C)O2. The maximum absolute atomic E-state index is 10.7. The van der Waals surface area contributed by atoms with Crippen molar-refractivity contribution in [1.82, 2.24) is 10.6 Å². The predicted molar refractivity (Wildman–Crippen MR) is 79.9 cm³/mol. The van der Waals surface area contributed by atoms with Crippen molar-refractivity contribution in [2.24, 2.45) is 0 Å². The summed E-state index contributed by atoms with van der Waals surface area (Å²) in [5.41, 5.74) is 2.50. The summed E-state index contributed by atoms with van der Waals surface area (Å²) in [4.78, 5) is 10.7. The van der Waals surface area contributed by atoms with Gasteiger partial charge in [-0.15, -0.1) is 0 Å². The van der Waals surface area contributed by atoms with E-state index in [1.54, 1.807) is 6.92 Å². The molecule has 110 valence electrons. The largest absolute Gasteiger partial charge is 0.487 e. The lowest BCUT2D eigenvalue weighted by Gasteiger charge is -2.16. The molecule has 0 aliphatic carbocycles. The van der Waals surface area contributed by atoms with Crippen LogP contribution in [0.5, 0.6) is 5.75 Å². The van der Waals surface area contributed by atoms with Crippen LogP contribution in [0.4, 0.5) is 0 Å². The normalized spacial score (nSPS) is 15.6. The molecule has 20 heavy (non-hydrogen) atoms. The van der Waals surface area contributed by atoms with Crippen LogP contribution in [0.1, 0.15) is 38.3 Å². The Hall–Kier alpha value is -1.55. The zero-order chi connectivity index (χ0) is 14.6. The summed E-state index contributed by atoms with van der Waals surface area (Å²) in [5, 5.41) is 6.19. The van der Waals surface area contributed by atoms with E-state index in [1.807, 2.05) is 0 Å². The standard InChI is InChI=1S/C16H24N2O2/c1-12(19)18-8-4-7-17-11-13-5-6-15-14(9-13)10-16(2,3)20-15/h5-6,9,17H,4,7-8,10-11H2,1-3H3,(H,18,19). The number of hydrogen-bond acceptors (Lipinski definition) is 3. The molecule has 4 nitrogen and oxygen atoms in total. The van der Waals surface area contributed by atoms with Gasteiger partial charge in [0, 0.05) is 26.4 Å². The van der Waals surface area contributed by atoms with E-state index >= 15 is 0 Å².